The quantitative estimate of drug-likeness (QED) is 0.874. The van der Waals surface area contributed by atoms with Crippen molar-refractivity contribution in [3.63, 3.8) is 0 Å². The molecule has 2 rings (SSSR count). The van der Waals surface area contributed by atoms with Crippen LogP contribution in [0.5, 0.6) is 0 Å². The molecule has 0 aromatic heterocycles. The molecule has 1 amide bonds. The molecule has 2 unspecified atom stereocenters. The minimum atomic E-state index is -0.148. The van der Waals surface area contributed by atoms with Crippen LogP contribution >= 0.6 is 0 Å². The number of nitrogens with zero attached hydrogens (tertiary/aromatic N) is 1. The third-order valence-corrected chi connectivity index (χ3v) is 4.10. The average Bonchev–Trinajstić information content (AvgIpc) is 2.69. The smallest absolute Gasteiger partial charge is 0.242 e. The zero-order valence-corrected chi connectivity index (χ0v) is 13.4. The largest absolute Gasteiger partial charge is 0.358 e. The van der Waals surface area contributed by atoms with Gasteiger partial charge in [0.05, 0.1) is 0 Å². The van der Waals surface area contributed by atoms with Gasteiger partial charge in [-0.05, 0) is 31.9 Å². The summed E-state index contributed by atoms with van der Waals surface area (Å²) >= 11 is 0. The van der Waals surface area contributed by atoms with Crippen LogP contribution < -0.4 is 15.5 Å². The van der Waals surface area contributed by atoms with E-state index in [1.807, 2.05) is 13.0 Å². The Hall–Kier alpha value is -1.55. The minimum Gasteiger partial charge on any atom is -0.358 e. The van der Waals surface area contributed by atoms with Crippen molar-refractivity contribution in [2.45, 2.75) is 52.2 Å². The molecule has 0 radical (unpaired) electrons. The fourth-order valence-electron chi connectivity index (χ4n) is 2.90. The summed E-state index contributed by atoms with van der Waals surface area (Å²) in [5.41, 5.74) is 2.43. The standard InChI is InChI=1S/C17H27N3O/c1-4-7-13(2)19-17(21)14(3)20-11-10-18-12-15-8-5-6-9-16(15)20/h5-6,8-9,13-14,18H,4,7,10-12H2,1-3H3,(H,19,21). The Morgan fingerprint density at radius 2 is 2.14 bits per heavy atom. The summed E-state index contributed by atoms with van der Waals surface area (Å²) in [5.74, 6) is 0.118. The van der Waals surface area contributed by atoms with E-state index in [2.05, 4.69) is 47.6 Å². The SMILES string of the molecule is CCCC(C)NC(=O)C(C)N1CCNCc2ccccc21. The molecule has 0 fully saturated rings. The molecule has 0 saturated heterocycles. The number of hydrogen-bond donors (Lipinski definition) is 2. The van der Waals surface area contributed by atoms with E-state index in [0.29, 0.717) is 0 Å². The van der Waals surface area contributed by atoms with Gasteiger partial charge in [-0.15, -0.1) is 0 Å². The molecule has 0 spiro atoms. The zero-order valence-electron chi connectivity index (χ0n) is 13.4. The summed E-state index contributed by atoms with van der Waals surface area (Å²) in [4.78, 5) is 14.7. The summed E-state index contributed by atoms with van der Waals surface area (Å²) < 4.78 is 0. The normalized spacial score (nSPS) is 17.6. The summed E-state index contributed by atoms with van der Waals surface area (Å²) in [7, 11) is 0. The first-order valence-electron chi connectivity index (χ1n) is 7.99. The molecule has 0 aliphatic carbocycles. The van der Waals surface area contributed by atoms with Crippen LogP contribution in [-0.4, -0.2) is 31.1 Å². The van der Waals surface area contributed by atoms with Crippen LogP contribution in [0.3, 0.4) is 0 Å². The molecule has 1 aromatic carbocycles. The van der Waals surface area contributed by atoms with Gasteiger partial charge in [-0.3, -0.25) is 4.79 Å². The second-order valence-corrected chi connectivity index (χ2v) is 5.87. The molecule has 1 aliphatic rings. The third-order valence-electron chi connectivity index (χ3n) is 4.10. The van der Waals surface area contributed by atoms with Gasteiger partial charge in [0.25, 0.3) is 0 Å². The topological polar surface area (TPSA) is 44.4 Å². The van der Waals surface area contributed by atoms with Gasteiger partial charge < -0.3 is 15.5 Å². The fraction of sp³-hybridized carbons (Fsp3) is 0.588. The Kier molecular flexibility index (Phi) is 5.62. The lowest BCUT2D eigenvalue weighted by molar-refractivity contribution is -0.122. The second kappa shape index (κ2) is 7.46. The first-order chi connectivity index (χ1) is 10.1. The van der Waals surface area contributed by atoms with Crippen LogP contribution in [0.1, 0.15) is 39.2 Å². The maximum atomic E-state index is 12.5. The molecule has 1 aromatic rings. The molecule has 0 saturated carbocycles. The van der Waals surface area contributed by atoms with Gasteiger partial charge in [-0.1, -0.05) is 31.5 Å². The van der Waals surface area contributed by atoms with Gasteiger partial charge in [0.15, 0.2) is 0 Å². The van der Waals surface area contributed by atoms with Crippen molar-refractivity contribution in [1.29, 1.82) is 0 Å². The van der Waals surface area contributed by atoms with Gasteiger partial charge in [0.1, 0.15) is 6.04 Å². The first-order valence-corrected chi connectivity index (χ1v) is 7.99. The maximum Gasteiger partial charge on any atom is 0.242 e. The van der Waals surface area contributed by atoms with Gasteiger partial charge in [-0.25, -0.2) is 0 Å². The van der Waals surface area contributed by atoms with Crippen molar-refractivity contribution in [1.82, 2.24) is 10.6 Å². The minimum absolute atomic E-state index is 0.118. The lowest BCUT2D eigenvalue weighted by Crippen LogP contribution is -2.49. The number of fused-ring (bicyclic) bond motifs is 1. The maximum absolute atomic E-state index is 12.5. The summed E-state index contributed by atoms with van der Waals surface area (Å²) in [6.45, 7) is 8.84. The Morgan fingerprint density at radius 3 is 2.90 bits per heavy atom. The van der Waals surface area contributed by atoms with Gasteiger partial charge in [-0.2, -0.15) is 0 Å². The van der Waals surface area contributed by atoms with Crippen LogP contribution in [0.25, 0.3) is 0 Å². The number of nitrogens with one attached hydrogen (secondary N) is 2. The van der Waals surface area contributed by atoms with Gasteiger partial charge >= 0.3 is 0 Å². The van der Waals surface area contributed by atoms with E-state index >= 15 is 0 Å². The highest BCUT2D eigenvalue weighted by Crippen LogP contribution is 2.24. The fourth-order valence-corrected chi connectivity index (χ4v) is 2.90. The summed E-state index contributed by atoms with van der Waals surface area (Å²) in [6, 6.07) is 8.43. The van der Waals surface area contributed by atoms with Crippen LogP contribution in [0.2, 0.25) is 0 Å². The number of anilines is 1. The monoisotopic (exact) mass is 289 g/mol. The van der Waals surface area contributed by atoms with E-state index in [1.54, 1.807) is 0 Å². The molecule has 116 valence electrons. The number of rotatable bonds is 5. The van der Waals surface area contributed by atoms with Gasteiger partial charge in [0.2, 0.25) is 5.91 Å². The molecule has 2 N–H and O–H groups in total. The average molecular weight is 289 g/mol. The number of carbonyl (C=O) groups excluding carboxylic acids is 1. The molecule has 2 atom stereocenters. The van der Waals surface area contributed by atoms with E-state index in [-0.39, 0.29) is 18.0 Å². The molecule has 4 heteroatoms. The van der Waals surface area contributed by atoms with Crippen molar-refractivity contribution in [2.24, 2.45) is 0 Å². The molecular weight excluding hydrogens is 262 g/mol. The Labute approximate surface area is 127 Å². The lowest BCUT2D eigenvalue weighted by Gasteiger charge is -2.31. The van der Waals surface area contributed by atoms with Crippen molar-refractivity contribution in [3.05, 3.63) is 29.8 Å². The molecular formula is C17H27N3O. The molecule has 1 aliphatic heterocycles. The zero-order chi connectivity index (χ0) is 15.2. The van der Waals surface area contributed by atoms with Crippen molar-refractivity contribution in [3.8, 4) is 0 Å². The Balaban J connectivity index is 2.11. The van der Waals surface area contributed by atoms with Crippen molar-refractivity contribution < 1.29 is 4.79 Å². The Bertz CT molecular complexity index is 475. The summed E-state index contributed by atoms with van der Waals surface area (Å²) in [5, 5.41) is 6.54. The highest BCUT2D eigenvalue weighted by molar-refractivity contribution is 5.85. The van der Waals surface area contributed by atoms with Crippen LogP contribution in [0.15, 0.2) is 24.3 Å². The third kappa shape index (κ3) is 3.97. The van der Waals surface area contributed by atoms with Gasteiger partial charge in [0, 0.05) is 31.4 Å². The van der Waals surface area contributed by atoms with Crippen molar-refractivity contribution >= 4 is 11.6 Å². The second-order valence-electron chi connectivity index (χ2n) is 5.87. The number of benzene rings is 1. The van der Waals surface area contributed by atoms with Crippen LogP contribution in [-0.2, 0) is 11.3 Å². The molecule has 0 bridgehead atoms. The van der Waals surface area contributed by atoms with E-state index < -0.39 is 0 Å². The predicted molar refractivity (Wildman–Crippen MR) is 87.5 cm³/mol. The number of amides is 1. The van der Waals surface area contributed by atoms with E-state index in [9.17, 15) is 4.79 Å². The predicted octanol–water partition coefficient (Wildman–Crippen LogP) is 2.29. The molecule has 4 nitrogen and oxygen atoms in total. The van der Waals surface area contributed by atoms with E-state index in [4.69, 9.17) is 0 Å². The molecule has 1 heterocycles. The first kappa shape index (κ1) is 15.8. The number of carbonyl (C=O) groups is 1. The number of hydrogen-bond acceptors (Lipinski definition) is 3. The highest BCUT2D eigenvalue weighted by atomic mass is 16.2. The van der Waals surface area contributed by atoms with E-state index in [0.717, 1.165) is 32.5 Å². The van der Waals surface area contributed by atoms with Crippen molar-refractivity contribution in [2.75, 3.05) is 18.0 Å². The molecule has 21 heavy (non-hydrogen) atoms. The summed E-state index contributed by atoms with van der Waals surface area (Å²) in [6.07, 6.45) is 2.11. The lowest BCUT2D eigenvalue weighted by atomic mass is 10.1. The van der Waals surface area contributed by atoms with Crippen LogP contribution in [0, 0.1) is 0 Å². The van der Waals surface area contributed by atoms with E-state index in [1.165, 1.54) is 11.3 Å². The Morgan fingerprint density at radius 1 is 1.38 bits per heavy atom. The highest BCUT2D eigenvalue weighted by Gasteiger charge is 2.25. The van der Waals surface area contributed by atoms with Crippen LogP contribution in [0.4, 0.5) is 5.69 Å². The number of para-hydroxylation sites is 1.